The molecule has 0 unspecified atom stereocenters. The summed E-state index contributed by atoms with van der Waals surface area (Å²) in [4.78, 5) is 10.1. The summed E-state index contributed by atoms with van der Waals surface area (Å²) in [6, 6.07) is 6.12. The molecule has 0 aromatic carbocycles. The lowest BCUT2D eigenvalue weighted by Crippen LogP contribution is -2.08. The molecule has 0 aliphatic rings. The van der Waals surface area contributed by atoms with Gasteiger partial charge < -0.3 is 10.6 Å². The minimum atomic E-state index is 0.691. The lowest BCUT2D eigenvalue weighted by molar-refractivity contribution is 0.944. The van der Waals surface area contributed by atoms with Crippen LogP contribution in [0.15, 0.2) is 22.0 Å². The van der Waals surface area contributed by atoms with Gasteiger partial charge in [-0.1, -0.05) is 6.92 Å². The zero-order valence-corrected chi connectivity index (χ0v) is 13.4. The maximum atomic E-state index is 4.45. The Morgan fingerprint density at radius 1 is 1.26 bits per heavy atom. The molecule has 4 nitrogen and oxygen atoms in total. The van der Waals surface area contributed by atoms with Gasteiger partial charge in [0.1, 0.15) is 5.82 Å². The first-order valence-electron chi connectivity index (χ1n) is 6.25. The van der Waals surface area contributed by atoms with Crippen molar-refractivity contribution in [2.45, 2.75) is 26.8 Å². The summed E-state index contributed by atoms with van der Waals surface area (Å²) >= 11 is 5.19. The molecule has 0 radical (unpaired) electrons. The third-order valence-electron chi connectivity index (χ3n) is 2.46. The van der Waals surface area contributed by atoms with E-state index in [1.165, 1.54) is 4.88 Å². The molecule has 2 aromatic rings. The Kier molecular flexibility index (Phi) is 5.15. The Morgan fingerprint density at radius 3 is 2.79 bits per heavy atom. The van der Waals surface area contributed by atoms with Crippen LogP contribution >= 0.6 is 27.3 Å². The van der Waals surface area contributed by atoms with E-state index in [0.29, 0.717) is 5.95 Å². The molecule has 2 rings (SSSR count). The number of nitrogens with one attached hydrogen (secondary N) is 2. The van der Waals surface area contributed by atoms with E-state index in [0.717, 1.165) is 34.8 Å². The van der Waals surface area contributed by atoms with E-state index in [1.54, 1.807) is 11.3 Å². The first-order chi connectivity index (χ1) is 9.17. The average molecular weight is 341 g/mol. The Hall–Kier alpha value is -1.14. The number of aromatic nitrogens is 2. The highest BCUT2D eigenvalue weighted by atomic mass is 79.9. The molecule has 0 aliphatic carbocycles. The lowest BCUT2D eigenvalue weighted by Gasteiger charge is -2.08. The summed E-state index contributed by atoms with van der Waals surface area (Å²) < 4.78 is 1.15. The van der Waals surface area contributed by atoms with E-state index < -0.39 is 0 Å². The third-order valence-corrected chi connectivity index (χ3v) is 4.08. The van der Waals surface area contributed by atoms with E-state index in [9.17, 15) is 0 Å². The van der Waals surface area contributed by atoms with Gasteiger partial charge in [0.05, 0.1) is 10.3 Å². The van der Waals surface area contributed by atoms with Crippen molar-refractivity contribution in [3.63, 3.8) is 0 Å². The summed E-state index contributed by atoms with van der Waals surface area (Å²) in [5.74, 6) is 1.55. The fourth-order valence-corrected chi connectivity index (χ4v) is 3.02. The molecule has 2 N–H and O–H groups in total. The number of hydrogen-bond donors (Lipinski definition) is 2. The predicted octanol–water partition coefficient (Wildman–Crippen LogP) is 4.04. The highest BCUT2D eigenvalue weighted by Gasteiger charge is 2.03. The van der Waals surface area contributed by atoms with E-state index in [1.807, 2.05) is 13.0 Å². The second-order valence-electron chi connectivity index (χ2n) is 4.20. The predicted molar refractivity (Wildman–Crippen MR) is 84.9 cm³/mol. The van der Waals surface area contributed by atoms with Crippen LogP contribution in [0.3, 0.4) is 0 Å². The van der Waals surface area contributed by atoms with E-state index in [-0.39, 0.29) is 0 Å². The van der Waals surface area contributed by atoms with Gasteiger partial charge in [0.25, 0.3) is 0 Å². The molecular weight excluding hydrogens is 324 g/mol. The molecule has 0 amide bonds. The number of thiophene rings is 1. The Balaban J connectivity index is 2.01. The van der Waals surface area contributed by atoms with Gasteiger partial charge in [0.15, 0.2) is 0 Å². The average Bonchev–Trinajstić information content (AvgIpc) is 2.79. The zero-order chi connectivity index (χ0) is 13.7. The third kappa shape index (κ3) is 4.47. The van der Waals surface area contributed by atoms with Crippen molar-refractivity contribution < 1.29 is 0 Å². The first kappa shape index (κ1) is 14.3. The van der Waals surface area contributed by atoms with Crippen LogP contribution in [0.5, 0.6) is 0 Å². The number of aryl methyl sites for hydroxylation is 1. The highest BCUT2D eigenvalue weighted by Crippen LogP contribution is 2.22. The fourth-order valence-electron chi connectivity index (χ4n) is 1.60. The monoisotopic (exact) mass is 340 g/mol. The van der Waals surface area contributed by atoms with Crippen molar-refractivity contribution >= 4 is 39.0 Å². The molecule has 0 spiro atoms. The van der Waals surface area contributed by atoms with Gasteiger partial charge >= 0.3 is 0 Å². The Labute approximate surface area is 125 Å². The van der Waals surface area contributed by atoms with Crippen LogP contribution in [-0.2, 0) is 6.54 Å². The fraction of sp³-hybridized carbons (Fsp3) is 0.385. The molecule has 6 heteroatoms. The van der Waals surface area contributed by atoms with Crippen LogP contribution in [0, 0.1) is 6.92 Å². The molecule has 2 heterocycles. The highest BCUT2D eigenvalue weighted by molar-refractivity contribution is 9.11. The summed E-state index contributed by atoms with van der Waals surface area (Å²) in [5, 5.41) is 6.54. The molecule has 0 saturated carbocycles. The van der Waals surface area contributed by atoms with Crippen LogP contribution in [-0.4, -0.2) is 16.5 Å². The van der Waals surface area contributed by atoms with Gasteiger partial charge in [-0.2, -0.15) is 4.98 Å². The quantitative estimate of drug-likeness (QED) is 0.832. The van der Waals surface area contributed by atoms with Crippen LogP contribution in [0.2, 0.25) is 0 Å². The summed E-state index contributed by atoms with van der Waals surface area (Å²) in [5.41, 5.74) is 0.962. The van der Waals surface area contributed by atoms with E-state index >= 15 is 0 Å². The standard InChI is InChI=1S/C13H17BrN4S/c1-3-6-15-13-17-9(2)7-12(18-13)16-8-10-4-5-11(14)19-10/h4-5,7H,3,6,8H2,1-2H3,(H2,15,16,17,18). The van der Waals surface area contributed by atoms with Gasteiger partial charge in [-0.3, -0.25) is 0 Å². The minimum Gasteiger partial charge on any atom is -0.365 e. The SMILES string of the molecule is CCCNc1nc(C)cc(NCc2ccc(Br)s2)n1. The first-order valence-corrected chi connectivity index (χ1v) is 7.86. The van der Waals surface area contributed by atoms with Crippen molar-refractivity contribution in [2.24, 2.45) is 0 Å². The van der Waals surface area contributed by atoms with Gasteiger partial charge in [0.2, 0.25) is 5.95 Å². The van der Waals surface area contributed by atoms with Crippen molar-refractivity contribution in [1.29, 1.82) is 0 Å². The van der Waals surface area contributed by atoms with Crippen LogP contribution < -0.4 is 10.6 Å². The summed E-state index contributed by atoms with van der Waals surface area (Å²) in [6.07, 6.45) is 1.06. The molecule has 19 heavy (non-hydrogen) atoms. The number of hydrogen-bond acceptors (Lipinski definition) is 5. The van der Waals surface area contributed by atoms with E-state index in [4.69, 9.17) is 0 Å². The zero-order valence-electron chi connectivity index (χ0n) is 11.0. The molecule has 0 saturated heterocycles. The largest absolute Gasteiger partial charge is 0.365 e. The number of nitrogens with zero attached hydrogens (tertiary/aromatic N) is 2. The lowest BCUT2D eigenvalue weighted by atomic mass is 10.4. The molecular formula is C13H17BrN4S. The molecule has 0 bridgehead atoms. The molecule has 0 aliphatic heterocycles. The minimum absolute atomic E-state index is 0.691. The Morgan fingerprint density at radius 2 is 2.11 bits per heavy atom. The Bertz CT molecular complexity index is 541. The smallest absolute Gasteiger partial charge is 0.224 e. The maximum Gasteiger partial charge on any atom is 0.224 e. The van der Waals surface area contributed by atoms with Gasteiger partial charge in [-0.25, -0.2) is 4.98 Å². The molecule has 0 atom stereocenters. The van der Waals surface area contributed by atoms with Gasteiger partial charge in [-0.15, -0.1) is 11.3 Å². The van der Waals surface area contributed by atoms with Crippen LogP contribution in [0.4, 0.5) is 11.8 Å². The molecule has 102 valence electrons. The second-order valence-corrected chi connectivity index (χ2v) is 6.75. The van der Waals surface area contributed by atoms with E-state index in [2.05, 4.69) is 55.6 Å². The van der Waals surface area contributed by atoms with Crippen LogP contribution in [0.25, 0.3) is 0 Å². The van der Waals surface area contributed by atoms with Crippen molar-refractivity contribution in [3.05, 3.63) is 32.6 Å². The summed E-state index contributed by atoms with van der Waals surface area (Å²) in [7, 11) is 0. The maximum absolute atomic E-state index is 4.45. The van der Waals surface area contributed by atoms with Crippen molar-refractivity contribution in [2.75, 3.05) is 17.2 Å². The van der Waals surface area contributed by atoms with Crippen molar-refractivity contribution in [3.8, 4) is 0 Å². The normalized spacial score (nSPS) is 10.5. The number of halogens is 1. The van der Waals surface area contributed by atoms with Crippen LogP contribution in [0.1, 0.15) is 23.9 Å². The second kappa shape index (κ2) is 6.86. The molecule has 2 aromatic heterocycles. The van der Waals surface area contributed by atoms with Gasteiger partial charge in [-0.05, 0) is 41.4 Å². The summed E-state index contributed by atoms with van der Waals surface area (Å²) in [6.45, 7) is 5.77. The molecule has 0 fully saturated rings. The number of anilines is 2. The number of rotatable bonds is 6. The topological polar surface area (TPSA) is 49.8 Å². The van der Waals surface area contributed by atoms with Gasteiger partial charge in [0, 0.05) is 23.2 Å². The van der Waals surface area contributed by atoms with Crippen molar-refractivity contribution in [1.82, 2.24) is 9.97 Å².